The minimum Gasteiger partial charge on any atom is -0.493 e. The van der Waals surface area contributed by atoms with Gasteiger partial charge in [0.25, 0.3) is 0 Å². The molecule has 0 bridgehead atoms. The van der Waals surface area contributed by atoms with E-state index in [1.54, 1.807) is 25.2 Å². The highest BCUT2D eigenvalue weighted by Gasteiger charge is 2.26. The Hall–Kier alpha value is -2.48. The van der Waals surface area contributed by atoms with Crippen molar-refractivity contribution in [2.45, 2.75) is 25.4 Å². The average Bonchev–Trinajstić information content (AvgIpc) is 2.64. The topological polar surface area (TPSA) is 94.5 Å². The third-order valence-electron chi connectivity index (χ3n) is 4.29. The average molecular weight is 367 g/mol. The molecule has 1 N–H and O–H groups in total. The fourth-order valence-corrected chi connectivity index (χ4v) is 3.02. The van der Waals surface area contributed by atoms with Crippen LogP contribution in [-0.4, -0.2) is 69.0 Å². The smallest absolute Gasteiger partial charge is 0.306 e. The first-order chi connectivity index (χ1) is 12.5. The molecule has 1 aliphatic rings. The Kier molecular flexibility index (Phi) is 7.08. The number of hydrogen-bond acceptors (Lipinski definition) is 6. The maximum atomic E-state index is 12.5. The van der Waals surface area contributed by atoms with Crippen molar-refractivity contribution in [2.75, 3.05) is 41.0 Å². The third-order valence-corrected chi connectivity index (χ3v) is 4.29. The van der Waals surface area contributed by atoms with E-state index in [1.807, 2.05) is 6.07 Å². The van der Waals surface area contributed by atoms with Crippen molar-refractivity contribution in [1.82, 2.24) is 4.90 Å². The van der Waals surface area contributed by atoms with Crippen molar-refractivity contribution in [1.29, 1.82) is 0 Å². The Balaban J connectivity index is 2.01. The minimum atomic E-state index is -0.931. The monoisotopic (exact) mass is 367 g/mol. The maximum Gasteiger partial charge on any atom is 0.306 e. The Morgan fingerprint density at radius 3 is 2.54 bits per heavy atom. The molecule has 1 unspecified atom stereocenters. The summed E-state index contributed by atoms with van der Waals surface area (Å²) in [5.41, 5.74) is 0.842. The van der Waals surface area contributed by atoms with Crippen LogP contribution < -0.4 is 14.2 Å². The third kappa shape index (κ3) is 4.78. The summed E-state index contributed by atoms with van der Waals surface area (Å²) in [5.74, 6) is 0.627. The van der Waals surface area contributed by atoms with Gasteiger partial charge in [0.15, 0.2) is 11.5 Å². The second-order valence-electron chi connectivity index (χ2n) is 5.92. The van der Waals surface area contributed by atoms with Gasteiger partial charge in [-0.25, -0.2) is 0 Å². The highest BCUT2D eigenvalue weighted by atomic mass is 16.5. The number of nitrogens with zero attached hydrogens (tertiary/aromatic N) is 1. The second kappa shape index (κ2) is 9.28. The molecular formula is C18H25NO7. The van der Waals surface area contributed by atoms with Crippen LogP contribution in [0.2, 0.25) is 0 Å². The molecule has 0 saturated carbocycles. The molecule has 1 heterocycles. The van der Waals surface area contributed by atoms with E-state index in [9.17, 15) is 9.59 Å². The fraction of sp³-hybridized carbons (Fsp3) is 0.556. The summed E-state index contributed by atoms with van der Waals surface area (Å²) in [4.78, 5) is 25.0. The van der Waals surface area contributed by atoms with Crippen LogP contribution >= 0.6 is 0 Å². The van der Waals surface area contributed by atoms with E-state index < -0.39 is 12.1 Å². The zero-order chi connectivity index (χ0) is 19.1. The highest BCUT2D eigenvalue weighted by Crippen LogP contribution is 2.40. The van der Waals surface area contributed by atoms with Crippen molar-refractivity contribution in [3.05, 3.63) is 17.7 Å². The van der Waals surface area contributed by atoms with Gasteiger partial charge in [-0.15, -0.1) is 0 Å². The van der Waals surface area contributed by atoms with Crippen LogP contribution in [0.5, 0.6) is 17.2 Å². The second-order valence-corrected chi connectivity index (χ2v) is 5.92. The quantitative estimate of drug-likeness (QED) is 0.741. The van der Waals surface area contributed by atoms with Gasteiger partial charge >= 0.3 is 5.97 Å². The Morgan fingerprint density at radius 1 is 1.19 bits per heavy atom. The van der Waals surface area contributed by atoms with Crippen molar-refractivity contribution >= 4 is 11.9 Å². The number of amides is 1. The number of carboxylic acids is 1. The molecule has 0 spiro atoms. The molecule has 1 aliphatic heterocycles. The predicted octanol–water partition coefficient (Wildman–Crippen LogP) is 1.35. The first-order valence-corrected chi connectivity index (χ1v) is 8.39. The van der Waals surface area contributed by atoms with Gasteiger partial charge in [0.1, 0.15) is 0 Å². The van der Waals surface area contributed by atoms with E-state index in [4.69, 9.17) is 24.1 Å². The number of ether oxygens (including phenoxy) is 4. The summed E-state index contributed by atoms with van der Waals surface area (Å²) in [6, 6.07) is 3.62. The molecule has 1 saturated heterocycles. The first kappa shape index (κ1) is 19.8. The van der Waals surface area contributed by atoms with Gasteiger partial charge in [0.05, 0.1) is 40.5 Å². The molecule has 1 aromatic rings. The summed E-state index contributed by atoms with van der Waals surface area (Å²) in [7, 11) is 4.62. The number of aryl methyl sites for hydroxylation is 1. The van der Waals surface area contributed by atoms with Gasteiger partial charge in [-0.05, 0) is 18.1 Å². The van der Waals surface area contributed by atoms with Gasteiger partial charge in [0.2, 0.25) is 11.7 Å². The maximum absolute atomic E-state index is 12.5. The van der Waals surface area contributed by atoms with Crippen LogP contribution in [0.1, 0.15) is 18.4 Å². The molecule has 0 aromatic heterocycles. The molecule has 1 aromatic carbocycles. The number of carbonyl (C=O) groups is 2. The zero-order valence-electron chi connectivity index (χ0n) is 15.3. The molecule has 0 aliphatic carbocycles. The number of morpholine rings is 1. The van der Waals surface area contributed by atoms with Gasteiger partial charge in [0, 0.05) is 19.5 Å². The van der Waals surface area contributed by atoms with Crippen molar-refractivity contribution in [2.24, 2.45) is 0 Å². The molecule has 1 fully saturated rings. The van der Waals surface area contributed by atoms with Gasteiger partial charge < -0.3 is 29.0 Å². The largest absolute Gasteiger partial charge is 0.493 e. The summed E-state index contributed by atoms with van der Waals surface area (Å²) in [5, 5.41) is 8.87. The van der Waals surface area contributed by atoms with Crippen molar-refractivity contribution in [3.63, 3.8) is 0 Å². The number of rotatable bonds is 8. The van der Waals surface area contributed by atoms with Crippen LogP contribution in [-0.2, 0) is 20.7 Å². The summed E-state index contributed by atoms with van der Waals surface area (Å²) in [6.07, 6.45) is 0.197. The molecule has 8 heteroatoms. The van der Waals surface area contributed by atoms with Crippen LogP contribution in [0.25, 0.3) is 0 Å². The van der Waals surface area contributed by atoms with Gasteiger partial charge in [-0.3, -0.25) is 9.59 Å². The van der Waals surface area contributed by atoms with E-state index in [-0.39, 0.29) is 18.7 Å². The van der Waals surface area contributed by atoms with Crippen LogP contribution in [0.15, 0.2) is 12.1 Å². The minimum absolute atomic E-state index is 0.0412. The lowest BCUT2D eigenvalue weighted by Crippen LogP contribution is -2.46. The van der Waals surface area contributed by atoms with E-state index in [0.717, 1.165) is 5.56 Å². The number of carbonyl (C=O) groups excluding carboxylic acids is 1. The number of methoxy groups -OCH3 is 3. The Morgan fingerprint density at radius 2 is 1.92 bits per heavy atom. The standard InChI is InChI=1S/C18H25NO7/c1-23-14-6-4-12(17(24-2)18(14)25-3)5-7-15(20)19-8-9-26-13(11-19)10-16(21)22/h4,6,13H,5,7-11H2,1-3H3,(H,21,22). The lowest BCUT2D eigenvalue weighted by atomic mass is 10.1. The van der Waals surface area contributed by atoms with Crippen molar-refractivity contribution in [3.8, 4) is 17.2 Å². The number of hydrogen-bond donors (Lipinski definition) is 1. The van der Waals surface area contributed by atoms with Crippen LogP contribution in [0.4, 0.5) is 0 Å². The molecule has 2 rings (SSSR count). The number of carboxylic acid groups (broad SMARTS) is 1. The molecule has 8 nitrogen and oxygen atoms in total. The summed E-state index contributed by atoms with van der Waals surface area (Å²) >= 11 is 0. The van der Waals surface area contributed by atoms with E-state index in [1.165, 1.54) is 7.11 Å². The van der Waals surface area contributed by atoms with E-state index in [2.05, 4.69) is 0 Å². The molecular weight excluding hydrogens is 342 g/mol. The van der Waals surface area contributed by atoms with E-state index >= 15 is 0 Å². The Labute approximate surface area is 152 Å². The molecule has 1 atom stereocenters. The lowest BCUT2D eigenvalue weighted by Gasteiger charge is -2.32. The molecule has 26 heavy (non-hydrogen) atoms. The molecule has 144 valence electrons. The zero-order valence-corrected chi connectivity index (χ0v) is 15.3. The Bertz CT molecular complexity index is 647. The van der Waals surface area contributed by atoms with E-state index in [0.29, 0.717) is 43.4 Å². The summed E-state index contributed by atoms with van der Waals surface area (Å²) < 4.78 is 21.4. The first-order valence-electron chi connectivity index (χ1n) is 8.39. The molecule has 0 radical (unpaired) electrons. The predicted molar refractivity (Wildman–Crippen MR) is 93.0 cm³/mol. The lowest BCUT2D eigenvalue weighted by molar-refractivity contribution is -0.147. The van der Waals surface area contributed by atoms with Gasteiger partial charge in [-0.2, -0.15) is 0 Å². The molecule has 1 amide bonds. The van der Waals surface area contributed by atoms with Gasteiger partial charge in [-0.1, -0.05) is 6.07 Å². The van der Waals surface area contributed by atoms with Crippen LogP contribution in [0, 0.1) is 0 Å². The highest BCUT2D eigenvalue weighted by molar-refractivity contribution is 5.77. The fourth-order valence-electron chi connectivity index (χ4n) is 3.02. The normalized spacial score (nSPS) is 16.9. The SMILES string of the molecule is COc1ccc(CCC(=O)N2CCOC(CC(=O)O)C2)c(OC)c1OC. The van der Waals surface area contributed by atoms with Crippen LogP contribution in [0.3, 0.4) is 0 Å². The number of benzene rings is 1. The summed E-state index contributed by atoms with van der Waals surface area (Å²) in [6.45, 7) is 1.12. The number of aliphatic carboxylic acids is 1. The van der Waals surface area contributed by atoms with Crippen molar-refractivity contribution < 1.29 is 33.6 Å².